The molecule has 17 heavy (non-hydrogen) atoms. The number of nitrogens with zero attached hydrogens (tertiary/aromatic N) is 2. The molecular weight excluding hydrogens is 224 g/mol. The molecule has 0 spiro atoms. The number of hydrogen-bond acceptors (Lipinski definition) is 6. The summed E-state index contributed by atoms with van der Waals surface area (Å²) in [6.07, 6.45) is 1.59. The summed E-state index contributed by atoms with van der Waals surface area (Å²) in [6.45, 7) is 1.80. The third kappa shape index (κ3) is 4.04. The standard InChI is InChI=1S/C10H18N4O3/c1-16-4-3-14-9(8(11)5-13-14)6-12-7-10(15)17-2/h5,12H,3-4,6-7,11H2,1-2H3. The van der Waals surface area contributed by atoms with Crippen LogP contribution in [0, 0.1) is 0 Å². The van der Waals surface area contributed by atoms with E-state index in [9.17, 15) is 4.79 Å². The SMILES string of the molecule is COCCn1ncc(N)c1CNCC(=O)OC. The molecule has 7 nitrogen and oxygen atoms in total. The van der Waals surface area contributed by atoms with E-state index in [0.29, 0.717) is 25.4 Å². The number of nitrogens with two attached hydrogens (primary N) is 1. The number of nitrogen functional groups attached to an aromatic ring is 1. The lowest BCUT2D eigenvalue weighted by molar-refractivity contribution is -0.139. The van der Waals surface area contributed by atoms with Crippen molar-refractivity contribution in [1.29, 1.82) is 0 Å². The van der Waals surface area contributed by atoms with Crippen LogP contribution in [0.3, 0.4) is 0 Å². The van der Waals surface area contributed by atoms with Gasteiger partial charge in [-0.2, -0.15) is 5.10 Å². The first kappa shape index (κ1) is 13.5. The molecule has 3 N–H and O–H groups in total. The Hall–Kier alpha value is -1.60. The highest BCUT2D eigenvalue weighted by molar-refractivity contribution is 5.71. The van der Waals surface area contributed by atoms with Gasteiger partial charge in [-0.25, -0.2) is 0 Å². The van der Waals surface area contributed by atoms with Crippen molar-refractivity contribution >= 4 is 11.7 Å². The van der Waals surface area contributed by atoms with E-state index in [1.165, 1.54) is 7.11 Å². The minimum absolute atomic E-state index is 0.144. The fourth-order valence-electron chi connectivity index (χ4n) is 1.34. The van der Waals surface area contributed by atoms with Gasteiger partial charge in [0.2, 0.25) is 0 Å². The quantitative estimate of drug-likeness (QED) is 0.619. The minimum atomic E-state index is -0.313. The van der Waals surface area contributed by atoms with E-state index in [-0.39, 0.29) is 12.5 Å². The minimum Gasteiger partial charge on any atom is -0.468 e. The van der Waals surface area contributed by atoms with Crippen molar-refractivity contribution in [3.63, 3.8) is 0 Å². The summed E-state index contributed by atoms with van der Waals surface area (Å²) in [6, 6.07) is 0. The fraction of sp³-hybridized carbons (Fsp3) is 0.600. The van der Waals surface area contributed by atoms with Gasteiger partial charge in [0.05, 0.1) is 44.4 Å². The Labute approximate surface area is 99.9 Å². The van der Waals surface area contributed by atoms with Crippen molar-refractivity contribution in [2.75, 3.05) is 33.1 Å². The number of esters is 1. The lowest BCUT2D eigenvalue weighted by atomic mass is 10.3. The normalized spacial score (nSPS) is 10.5. The largest absolute Gasteiger partial charge is 0.468 e. The van der Waals surface area contributed by atoms with E-state index < -0.39 is 0 Å². The Kier molecular flexibility index (Phi) is 5.44. The molecule has 0 aliphatic heterocycles. The smallest absolute Gasteiger partial charge is 0.319 e. The van der Waals surface area contributed by atoms with Crippen LogP contribution in [0.2, 0.25) is 0 Å². The Morgan fingerprint density at radius 1 is 1.59 bits per heavy atom. The molecule has 0 saturated carbocycles. The molecule has 96 valence electrons. The van der Waals surface area contributed by atoms with Gasteiger partial charge >= 0.3 is 5.97 Å². The first-order valence-corrected chi connectivity index (χ1v) is 5.25. The van der Waals surface area contributed by atoms with Crippen LogP contribution in [-0.2, 0) is 27.4 Å². The zero-order chi connectivity index (χ0) is 12.7. The Balaban J connectivity index is 2.50. The van der Waals surface area contributed by atoms with Crippen molar-refractivity contribution < 1.29 is 14.3 Å². The van der Waals surface area contributed by atoms with Crippen LogP contribution < -0.4 is 11.1 Å². The molecule has 0 bridgehead atoms. The van der Waals surface area contributed by atoms with Crippen LogP contribution in [0.1, 0.15) is 5.69 Å². The second kappa shape index (κ2) is 6.87. The average Bonchev–Trinajstić information content (AvgIpc) is 2.68. The molecule has 0 aliphatic carbocycles. The van der Waals surface area contributed by atoms with Gasteiger partial charge in [0.15, 0.2) is 0 Å². The van der Waals surface area contributed by atoms with E-state index >= 15 is 0 Å². The summed E-state index contributed by atoms with van der Waals surface area (Å²) in [5.74, 6) is -0.313. The Morgan fingerprint density at radius 2 is 2.35 bits per heavy atom. The van der Waals surface area contributed by atoms with Gasteiger partial charge in [0, 0.05) is 13.7 Å². The molecule has 1 aromatic heterocycles. The van der Waals surface area contributed by atoms with Gasteiger partial charge in [-0.3, -0.25) is 9.48 Å². The summed E-state index contributed by atoms with van der Waals surface area (Å²) in [4.78, 5) is 10.9. The molecule has 0 radical (unpaired) electrons. The van der Waals surface area contributed by atoms with E-state index in [1.807, 2.05) is 0 Å². The van der Waals surface area contributed by atoms with Gasteiger partial charge < -0.3 is 20.5 Å². The van der Waals surface area contributed by atoms with Crippen LogP contribution in [0.15, 0.2) is 6.20 Å². The monoisotopic (exact) mass is 242 g/mol. The second-order valence-corrected chi connectivity index (χ2v) is 3.44. The number of nitrogens with one attached hydrogen (secondary N) is 1. The Bertz CT molecular complexity index is 364. The third-order valence-electron chi connectivity index (χ3n) is 2.28. The second-order valence-electron chi connectivity index (χ2n) is 3.44. The predicted octanol–water partition coefficient (Wildman–Crippen LogP) is -0.626. The van der Waals surface area contributed by atoms with E-state index in [0.717, 1.165) is 5.69 Å². The van der Waals surface area contributed by atoms with E-state index in [2.05, 4.69) is 15.2 Å². The van der Waals surface area contributed by atoms with Gasteiger partial charge in [-0.05, 0) is 0 Å². The summed E-state index contributed by atoms with van der Waals surface area (Å²) >= 11 is 0. The highest BCUT2D eigenvalue weighted by Crippen LogP contribution is 2.10. The summed E-state index contributed by atoms with van der Waals surface area (Å²) in [5, 5.41) is 7.07. The molecule has 0 unspecified atom stereocenters. The zero-order valence-electron chi connectivity index (χ0n) is 10.1. The van der Waals surface area contributed by atoms with Crippen LogP contribution in [-0.4, -0.2) is 43.1 Å². The van der Waals surface area contributed by atoms with Crippen LogP contribution in [0.25, 0.3) is 0 Å². The molecule has 0 amide bonds. The Morgan fingerprint density at radius 3 is 3.00 bits per heavy atom. The lowest BCUT2D eigenvalue weighted by Gasteiger charge is -2.08. The molecular formula is C10H18N4O3. The molecule has 0 atom stereocenters. The maximum absolute atomic E-state index is 10.9. The first-order chi connectivity index (χ1) is 8.19. The van der Waals surface area contributed by atoms with Crippen molar-refractivity contribution in [2.45, 2.75) is 13.1 Å². The summed E-state index contributed by atoms with van der Waals surface area (Å²) < 4.78 is 11.2. The number of ether oxygens (including phenoxy) is 2. The number of aromatic nitrogens is 2. The maximum Gasteiger partial charge on any atom is 0.319 e. The maximum atomic E-state index is 10.9. The molecule has 1 heterocycles. The molecule has 0 saturated heterocycles. The number of rotatable bonds is 7. The molecule has 0 aromatic carbocycles. The van der Waals surface area contributed by atoms with E-state index in [4.69, 9.17) is 10.5 Å². The number of carbonyl (C=O) groups excluding carboxylic acids is 1. The first-order valence-electron chi connectivity index (χ1n) is 5.25. The summed E-state index contributed by atoms with van der Waals surface area (Å²) in [5.41, 5.74) is 7.22. The summed E-state index contributed by atoms with van der Waals surface area (Å²) in [7, 11) is 2.98. The third-order valence-corrected chi connectivity index (χ3v) is 2.28. The highest BCUT2D eigenvalue weighted by Gasteiger charge is 2.08. The number of hydrogen-bond donors (Lipinski definition) is 2. The van der Waals surface area contributed by atoms with Gasteiger partial charge in [0.25, 0.3) is 0 Å². The van der Waals surface area contributed by atoms with Crippen molar-refractivity contribution in [3.05, 3.63) is 11.9 Å². The van der Waals surface area contributed by atoms with Gasteiger partial charge in [-0.1, -0.05) is 0 Å². The lowest BCUT2D eigenvalue weighted by Crippen LogP contribution is -2.25. The zero-order valence-corrected chi connectivity index (χ0v) is 10.1. The molecule has 0 aliphatic rings. The highest BCUT2D eigenvalue weighted by atomic mass is 16.5. The van der Waals surface area contributed by atoms with Crippen molar-refractivity contribution in [3.8, 4) is 0 Å². The fourth-order valence-corrected chi connectivity index (χ4v) is 1.34. The van der Waals surface area contributed by atoms with Crippen LogP contribution >= 0.6 is 0 Å². The molecule has 1 aromatic rings. The van der Waals surface area contributed by atoms with E-state index in [1.54, 1.807) is 18.0 Å². The van der Waals surface area contributed by atoms with Crippen molar-refractivity contribution in [2.24, 2.45) is 0 Å². The number of carbonyl (C=O) groups is 1. The van der Waals surface area contributed by atoms with Gasteiger partial charge in [0.1, 0.15) is 0 Å². The molecule has 1 rings (SSSR count). The van der Waals surface area contributed by atoms with Crippen molar-refractivity contribution in [1.82, 2.24) is 15.1 Å². The molecule has 0 fully saturated rings. The topological polar surface area (TPSA) is 91.4 Å². The number of anilines is 1. The van der Waals surface area contributed by atoms with Gasteiger partial charge in [-0.15, -0.1) is 0 Å². The number of methoxy groups -OCH3 is 2. The van der Waals surface area contributed by atoms with Crippen LogP contribution in [0.5, 0.6) is 0 Å². The average molecular weight is 242 g/mol. The predicted molar refractivity (Wildman–Crippen MR) is 62.2 cm³/mol. The molecule has 7 heteroatoms. The van der Waals surface area contributed by atoms with Crippen LogP contribution in [0.4, 0.5) is 5.69 Å².